The lowest BCUT2D eigenvalue weighted by Gasteiger charge is -2.15. The maximum absolute atomic E-state index is 12.3. The molecule has 0 heterocycles. The van der Waals surface area contributed by atoms with Crippen LogP contribution < -0.4 is 0 Å². The predicted molar refractivity (Wildman–Crippen MR) is 302 cm³/mol. The molecule has 0 saturated carbocycles. The average molecular weight is 956 g/mol. The van der Waals surface area contributed by atoms with Crippen LogP contribution in [0.15, 0.2) is 122 Å². The Morgan fingerprint density at radius 1 is 0.348 bits per heavy atom. The van der Waals surface area contributed by atoms with Gasteiger partial charge >= 0.3 is 11.9 Å². The highest BCUT2D eigenvalue weighted by Crippen LogP contribution is 2.16. The van der Waals surface area contributed by atoms with Gasteiger partial charge in [-0.2, -0.15) is 0 Å². The number of aliphatic hydroxyl groups is 1. The molecule has 0 aromatic rings. The standard InChI is InChI=1S/C64H106O5/c1-3-5-7-9-11-13-15-17-19-21-23-25-27-28-29-30-31-32-33-34-35-36-37-39-41-43-45-47-49-51-53-55-57-59-64(67)69-62(60-65)61-68-63(66)58-56-54-52-50-48-46-44-42-40-38-26-24-22-20-18-16-14-12-10-8-6-4-2/h5,7,11,13,17,19,23,25,28-29,31-32,34-35,37,39,43,45,49,51,62,65H,3-4,6,8-10,12,14-16,18,20-22,24,26-27,30,33,36,38,40-42,44,46-48,50,52-61H2,1-2H3/b7-5-,13-11-,19-17-,25-23-,29-28-,32-31-,35-34-,39-37-,45-43-,51-49-. The number of carbonyl (C=O) groups is 2. The molecule has 0 saturated heterocycles. The fraction of sp³-hybridized carbons (Fsp3) is 0.656. The van der Waals surface area contributed by atoms with Crippen LogP contribution in [-0.2, 0) is 19.1 Å². The van der Waals surface area contributed by atoms with Crippen molar-refractivity contribution < 1.29 is 24.2 Å². The van der Waals surface area contributed by atoms with Gasteiger partial charge in [-0.25, -0.2) is 0 Å². The van der Waals surface area contributed by atoms with E-state index in [1.165, 1.54) is 122 Å². The van der Waals surface area contributed by atoms with Crippen LogP contribution in [0.5, 0.6) is 0 Å². The molecule has 0 aliphatic carbocycles. The van der Waals surface area contributed by atoms with Gasteiger partial charge in [0.2, 0.25) is 0 Å². The highest BCUT2D eigenvalue weighted by atomic mass is 16.6. The van der Waals surface area contributed by atoms with Crippen molar-refractivity contribution in [3.05, 3.63) is 122 Å². The summed E-state index contributed by atoms with van der Waals surface area (Å²) in [5.41, 5.74) is 0. The molecule has 0 amide bonds. The lowest BCUT2D eigenvalue weighted by molar-refractivity contribution is -0.161. The summed E-state index contributed by atoms with van der Waals surface area (Å²) in [7, 11) is 0. The summed E-state index contributed by atoms with van der Waals surface area (Å²) in [5.74, 6) is -0.641. The molecule has 0 radical (unpaired) electrons. The van der Waals surface area contributed by atoms with Crippen LogP contribution in [0.4, 0.5) is 0 Å². The molecule has 5 heteroatoms. The van der Waals surface area contributed by atoms with E-state index in [4.69, 9.17) is 9.47 Å². The zero-order chi connectivity index (χ0) is 49.9. The molecular formula is C64H106O5. The molecule has 0 spiro atoms. The molecule has 0 aliphatic rings. The summed E-state index contributed by atoms with van der Waals surface area (Å²) in [6.45, 7) is 4.01. The first kappa shape index (κ1) is 65.3. The summed E-state index contributed by atoms with van der Waals surface area (Å²) in [4.78, 5) is 24.5. The zero-order valence-electron chi connectivity index (χ0n) is 44.8. The first-order valence-corrected chi connectivity index (χ1v) is 28.6. The van der Waals surface area contributed by atoms with E-state index in [2.05, 4.69) is 135 Å². The Morgan fingerprint density at radius 3 is 0.942 bits per heavy atom. The molecule has 0 aromatic heterocycles. The Morgan fingerprint density at radius 2 is 0.623 bits per heavy atom. The molecule has 0 fully saturated rings. The van der Waals surface area contributed by atoms with E-state index in [1.54, 1.807) is 0 Å². The first-order valence-electron chi connectivity index (χ1n) is 28.6. The van der Waals surface area contributed by atoms with Crippen molar-refractivity contribution in [1.82, 2.24) is 0 Å². The molecule has 0 aromatic carbocycles. The first-order chi connectivity index (χ1) is 34.1. The summed E-state index contributed by atoms with van der Waals surface area (Å²) in [6, 6.07) is 0. The number of unbranched alkanes of at least 4 members (excludes halogenated alkanes) is 23. The third kappa shape index (κ3) is 56.8. The third-order valence-corrected chi connectivity index (χ3v) is 12.0. The zero-order valence-corrected chi connectivity index (χ0v) is 44.8. The highest BCUT2D eigenvalue weighted by molar-refractivity contribution is 5.70. The van der Waals surface area contributed by atoms with Crippen LogP contribution >= 0.6 is 0 Å². The fourth-order valence-electron chi connectivity index (χ4n) is 7.76. The van der Waals surface area contributed by atoms with E-state index in [0.717, 1.165) is 103 Å². The lowest BCUT2D eigenvalue weighted by atomic mass is 10.0. The van der Waals surface area contributed by atoms with Crippen LogP contribution in [0.3, 0.4) is 0 Å². The van der Waals surface area contributed by atoms with Gasteiger partial charge in [0, 0.05) is 12.8 Å². The number of hydrogen-bond donors (Lipinski definition) is 1. The van der Waals surface area contributed by atoms with Gasteiger partial charge in [-0.05, 0) is 89.9 Å². The van der Waals surface area contributed by atoms with Crippen LogP contribution in [0.25, 0.3) is 0 Å². The van der Waals surface area contributed by atoms with Gasteiger partial charge in [-0.3, -0.25) is 9.59 Å². The van der Waals surface area contributed by atoms with Gasteiger partial charge in [0.15, 0.2) is 6.10 Å². The average Bonchev–Trinajstić information content (AvgIpc) is 3.35. The van der Waals surface area contributed by atoms with E-state index in [1.807, 2.05) is 0 Å². The summed E-state index contributed by atoms with van der Waals surface area (Å²) in [5, 5.41) is 9.65. The minimum atomic E-state index is -0.803. The topological polar surface area (TPSA) is 72.8 Å². The van der Waals surface area contributed by atoms with Crippen molar-refractivity contribution >= 4 is 11.9 Å². The molecule has 69 heavy (non-hydrogen) atoms. The summed E-state index contributed by atoms with van der Waals surface area (Å²) in [6.07, 6.45) is 86.0. The van der Waals surface area contributed by atoms with Gasteiger partial charge in [-0.15, -0.1) is 0 Å². The number of allylic oxidation sites excluding steroid dienone is 20. The minimum absolute atomic E-state index is 0.0881. The van der Waals surface area contributed by atoms with Gasteiger partial charge in [0.25, 0.3) is 0 Å². The van der Waals surface area contributed by atoms with Crippen LogP contribution in [0.2, 0.25) is 0 Å². The van der Waals surface area contributed by atoms with Crippen molar-refractivity contribution in [2.24, 2.45) is 0 Å². The minimum Gasteiger partial charge on any atom is -0.462 e. The fourth-order valence-corrected chi connectivity index (χ4v) is 7.76. The monoisotopic (exact) mass is 955 g/mol. The molecule has 5 nitrogen and oxygen atoms in total. The summed E-state index contributed by atoms with van der Waals surface area (Å²) < 4.78 is 10.7. The molecule has 0 aliphatic heterocycles. The van der Waals surface area contributed by atoms with Crippen LogP contribution in [-0.4, -0.2) is 36.4 Å². The molecule has 0 rings (SSSR count). The van der Waals surface area contributed by atoms with E-state index in [9.17, 15) is 14.7 Å². The normalized spacial score (nSPS) is 13.1. The van der Waals surface area contributed by atoms with Crippen molar-refractivity contribution in [3.8, 4) is 0 Å². The van der Waals surface area contributed by atoms with Crippen molar-refractivity contribution in [3.63, 3.8) is 0 Å². The second-order valence-electron chi connectivity index (χ2n) is 18.6. The maximum atomic E-state index is 12.3. The number of esters is 2. The number of rotatable bonds is 51. The molecule has 392 valence electrons. The molecule has 1 unspecified atom stereocenters. The Bertz CT molecular complexity index is 1400. The second kappa shape index (κ2) is 58.6. The molecule has 1 atom stereocenters. The smallest absolute Gasteiger partial charge is 0.306 e. The number of aliphatic hydroxyl groups excluding tert-OH is 1. The van der Waals surface area contributed by atoms with Crippen LogP contribution in [0, 0.1) is 0 Å². The highest BCUT2D eigenvalue weighted by Gasteiger charge is 2.16. The molecule has 1 N–H and O–H groups in total. The van der Waals surface area contributed by atoms with Gasteiger partial charge in [0.1, 0.15) is 6.61 Å². The Kier molecular flexibility index (Phi) is 55.5. The van der Waals surface area contributed by atoms with Crippen LogP contribution in [0.1, 0.15) is 251 Å². The number of ether oxygens (including phenoxy) is 2. The van der Waals surface area contributed by atoms with Crippen molar-refractivity contribution in [1.29, 1.82) is 0 Å². The summed E-state index contributed by atoms with van der Waals surface area (Å²) >= 11 is 0. The number of carbonyl (C=O) groups excluding carboxylic acids is 2. The second-order valence-corrected chi connectivity index (χ2v) is 18.6. The molecule has 0 bridgehead atoms. The molecular weight excluding hydrogens is 849 g/mol. The van der Waals surface area contributed by atoms with Gasteiger partial charge < -0.3 is 14.6 Å². The predicted octanol–water partition coefficient (Wildman–Crippen LogP) is 19.5. The third-order valence-electron chi connectivity index (χ3n) is 12.0. The van der Waals surface area contributed by atoms with E-state index in [-0.39, 0.29) is 25.2 Å². The van der Waals surface area contributed by atoms with E-state index >= 15 is 0 Å². The van der Waals surface area contributed by atoms with Crippen molar-refractivity contribution in [2.75, 3.05) is 13.2 Å². The van der Waals surface area contributed by atoms with E-state index < -0.39 is 6.10 Å². The SMILES string of the molecule is CC/C=C\C/C=C\C/C=C\C/C=C\C/C=C\C/C=C\C/C=C\C/C=C\C/C=C\C/C=C\CCCCC(=O)OC(CO)COC(=O)CCCCCCCCCCCCCCCCCCCCCCCC. The van der Waals surface area contributed by atoms with E-state index in [0.29, 0.717) is 12.8 Å². The Balaban J connectivity index is 3.64. The largest absolute Gasteiger partial charge is 0.462 e. The van der Waals surface area contributed by atoms with Gasteiger partial charge in [-0.1, -0.05) is 270 Å². The Hall–Kier alpha value is -3.70. The van der Waals surface area contributed by atoms with Gasteiger partial charge in [0.05, 0.1) is 6.61 Å². The van der Waals surface area contributed by atoms with Crippen molar-refractivity contribution in [2.45, 2.75) is 258 Å². The number of hydrogen-bond acceptors (Lipinski definition) is 5. The Labute approximate surface area is 426 Å². The maximum Gasteiger partial charge on any atom is 0.306 e. The quantitative estimate of drug-likeness (QED) is 0.0374. The lowest BCUT2D eigenvalue weighted by Crippen LogP contribution is -2.28.